The Morgan fingerprint density at radius 2 is 2.04 bits per heavy atom. The van der Waals surface area contributed by atoms with E-state index in [0.29, 0.717) is 11.4 Å². The SMILES string of the molecule is COc1ccc(C=NNc2ccc3ccccc3n2)cc1[N+](=O)[O-]. The van der Waals surface area contributed by atoms with Crippen molar-refractivity contribution in [2.45, 2.75) is 0 Å². The highest BCUT2D eigenvalue weighted by atomic mass is 16.6. The standard InChI is InChI=1S/C17H14N4O3/c1-24-16-8-6-12(10-15(16)21(22)23)11-18-20-17-9-7-13-4-2-3-5-14(13)19-17/h2-11H,1H3,(H,19,20). The van der Waals surface area contributed by atoms with Crippen LogP contribution in [0.15, 0.2) is 59.7 Å². The number of nitrogens with one attached hydrogen (secondary N) is 1. The van der Waals surface area contributed by atoms with Crippen molar-refractivity contribution in [2.75, 3.05) is 12.5 Å². The number of anilines is 1. The smallest absolute Gasteiger partial charge is 0.311 e. The molecule has 1 heterocycles. The van der Waals surface area contributed by atoms with Gasteiger partial charge in [-0.1, -0.05) is 18.2 Å². The lowest BCUT2D eigenvalue weighted by Gasteiger charge is -2.03. The summed E-state index contributed by atoms with van der Waals surface area (Å²) >= 11 is 0. The molecule has 0 aliphatic rings. The quantitative estimate of drug-likeness (QED) is 0.440. The van der Waals surface area contributed by atoms with E-state index in [0.717, 1.165) is 10.9 Å². The highest BCUT2D eigenvalue weighted by Crippen LogP contribution is 2.26. The first-order valence-corrected chi connectivity index (χ1v) is 7.14. The fraction of sp³-hybridized carbons (Fsp3) is 0.0588. The third-order valence-corrected chi connectivity index (χ3v) is 3.39. The van der Waals surface area contributed by atoms with Gasteiger partial charge in [0.1, 0.15) is 5.82 Å². The summed E-state index contributed by atoms with van der Waals surface area (Å²) < 4.78 is 4.96. The molecule has 1 aromatic heterocycles. The number of hydrazone groups is 1. The number of benzene rings is 2. The second kappa shape index (κ2) is 6.74. The van der Waals surface area contributed by atoms with E-state index in [9.17, 15) is 10.1 Å². The van der Waals surface area contributed by atoms with Gasteiger partial charge in [0, 0.05) is 17.0 Å². The van der Waals surface area contributed by atoms with E-state index in [1.54, 1.807) is 6.07 Å². The maximum absolute atomic E-state index is 11.0. The van der Waals surface area contributed by atoms with Gasteiger partial charge in [0.25, 0.3) is 0 Å². The van der Waals surface area contributed by atoms with Crippen LogP contribution in [0.1, 0.15) is 5.56 Å². The number of rotatable bonds is 5. The molecule has 0 fully saturated rings. The summed E-state index contributed by atoms with van der Waals surface area (Å²) in [5, 5.41) is 16.1. The summed E-state index contributed by atoms with van der Waals surface area (Å²) in [5.41, 5.74) is 4.15. The lowest BCUT2D eigenvalue weighted by molar-refractivity contribution is -0.385. The summed E-state index contributed by atoms with van der Waals surface area (Å²) in [6, 6.07) is 16.1. The number of nitrogens with zero attached hydrogens (tertiary/aromatic N) is 3. The number of ether oxygens (including phenoxy) is 1. The average Bonchev–Trinajstić information content (AvgIpc) is 2.61. The first kappa shape index (κ1) is 15.4. The zero-order valence-electron chi connectivity index (χ0n) is 12.8. The Hall–Kier alpha value is -3.48. The molecule has 7 heteroatoms. The van der Waals surface area contributed by atoms with Crippen LogP contribution in [-0.2, 0) is 0 Å². The van der Waals surface area contributed by atoms with Crippen molar-refractivity contribution in [3.05, 3.63) is 70.3 Å². The normalized spacial score (nSPS) is 10.9. The number of methoxy groups -OCH3 is 1. The fourth-order valence-electron chi connectivity index (χ4n) is 2.23. The Morgan fingerprint density at radius 1 is 1.21 bits per heavy atom. The van der Waals surface area contributed by atoms with Gasteiger partial charge in [0.15, 0.2) is 5.75 Å². The highest BCUT2D eigenvalue weighted by molar-refractivity contribution is 5.83. The molecular formula is C17H14N4O3. The Labute approximate surface area is 137 Å². The number of pyridine rings is 1. The Balaban J connectivity index is 1.78. The van der Waals surface area contributed by atoms with Gasteiger partial charge in [-0.3, -0.25) is 15.5 Å². The topological polar surface area (TPSA) is 89.7 Å². The molecule has 0 aliphatic carbocycles. The third kappa shape index (κ3) is 3.30. The molecule has 3 rings (SSSR count). The minimum Gasteiger partial charge on any atom is -0.490 e. The van der Waals surface area contributed by atoms with Gasteiger partial charge in [-0.2, -0.15) is 5.10 Å². The van der Waals surface area contributed by atoms with Crippen molar-refractivity contribution < 1.29 is 9.66 Å². The molecule has 0 saturated heterocycles. The zero-order valence-corrected chi connectivity index (χ0v) is 12.8. The summed E-state index contributed by atoms with van der Waals surface area (Å²) in [4.78, 5) is 14.9. The molecule has 120 valence electrons. The van der Waals surface area contributed by atoms with Crippen LogP contribution in [0.3, 0.4) is 0 Å². The maximum Gasteiger partial charge on any atom is 0.311 e. The van der Waals surface area contributed by atoms with Gasteiger partial charge < -0.3 is 4.74 Å². The highest BCUT2D eigenvalue weighted by Gasteiger charge is 2.14. The van der Waals surface area contributed by atoms with Gasteiger partial charge in [0.2, 0.25) is 0 Å². The van der Waals surface area contributed by atoms with E-state index < -0.39 is 4.92 Å². The van der Waals surface area contributed by atoms with E-state index in [-0.39, 0.29) is 11.4 Å². The molecular weight excluding hydrogens is 308 g/mol. The molecule has 0 aliphatic heterocycles. The van der Waals surface area contributed by atoms with Gasteiger partial charge in [-0.25, -0.2) is 4.98 Å². The van der Waals surface area contributed by atoms with E-state index in [1.807, 2.05) is 36.4 Å². The van der Waals surface area contributed by atoms with Gasteiger partial charge in [0.05, 0.1) is 23.8 Å². The molecule has 0 spiro atoms. The number of aromatic nitrogens is 1. The molecule has 24 heavy (non-hydrogen) atoms. The number of nitro groups is 1. The zero-order chi connectivity index (χ0) is 16.9. The van der Waals surface area contributed by atoms with Crippen LogP contribution in [0.2, 0.25) is 0 Å². The average molecular weight is 322 g/mol. The van der Waals surface area contributed by atoms with Crippen LogP contribution in [0.5, 0.6) is 5.75 Å². The van der Waals surface area contributed by atoms with Crippen molar-refractivity contribution in [1.82, 2.24) is 4.98 Å². The molecule has 7 nitrogen and oxygen atoms in total. The van der Waals surface area contributed by atoms with Gasteiger partial charge in [-0.15, -0.1) is 0 Å². The summed E-state index contributed by atoms with van der Waals surface area (Å²) in [5.74, 6) is 0.800. The summed E-state index contributed by atoms with van der Waals surface area (Å²) in [6.45, 7) is 0. The largest absolute Gasteiger partial charge is 0.490 e. The van der Waals surface area contributed by atoms with Crippen molar-refractivity contribution in [3.8, 4) is 5.75 Å². The van der Waals surface area contributed by atoms with Crippen molar-refractivity contribution in [2.24, 2.45) is 5.10 Å². The molecule has 1 N–H and O–H groups in total. The summed E-state index contributed by atoms with van der Waals surface area (Å²) in [6.07, 6.45) is 1.49. The molecule has 3 aromatic rings. The molecule has 2 aromatic carbocycles. The molecule has 0 bridgehead atoms. The Kier molecular flexibility index (Phi) is 4.33. The second-order valence-electron chi connectivity index (χ2n) is 4.95. The molecule has 0 amide bonds. The van der Waals surface area contributed by atoms with E-state index in [2.05, 4.69) is 15.5 Å². The molecule has 0 unspecified atom stereocenters. The fourth-order valence-corrected chi connectivity index (χ4v) is 2.23. The number of hydrogen-bond donors (Lipinski definition) is 1. The van der Waals surface area contributed by atoms with Crippen LogP contribution in [-0.4, -0.2) is 23.2 Å². The third-order valence-electron chi connectivity index (χ3n) is 3.39. The van der Waals surface area contributed by atoms with Crippen molar-refractivity contribution >= 4 is 28.6 Å². The lowest BCUT2D eigenvalue weighted by Crippen LogP contribution is -1.97. The minimum atomic E-state index is -0.492. The van der Waals surface area contributed by atoms with Crippen molar-refractivity contribution in [3.63, 3.8) is 0 Å². The van der Waals surface area contributed by atoms with E-state index in [1.165, 1.54) is 25.5 Å². The van der Waals surface area contributed by atoms with Gasteiger partial charge in [-0.05, 0) is 30.3 Å². The maximum atomic E-state index is 11.0. The molecule has 0 radical (unpaired) electrons. The summed E-state index contributed by atoms with van der Waals surface area (Å²) in [7, 11) is 1.39. The number of fused-ring (bicyclic) bond motifs is 1. The Bertz CT molecular complexity index is 925. The van der Waals surface area contributed by atoms with Crippen LogP contribution in [0.4, 0.5) is 11.5 Å². The number of para-hydroxylation sites is 1. The Morgan fingerprint density at radius 3 is 2.83 bits per heavy atom. The monoisotopic (exact) mass is 322 g/mol. The molecule has 0 atom stereocenters. The predicted molar refractivity (Wildman–Crippen MR) is 92.6 cm³/mol. The van der Waals surface area contributed by atoms with Crippen molar-refractivity contribution in [1.29, 1.82) is 0 Å². The van der Waals surface area contributed by atoms with E-state index in [4.69, 9.17) is 4.74 Å². The number of nitro benzene ring substituents is 1. The van der Waals surface area contributed by atoms with Crippen LogP contribution in [0.25, 0.3) is 10.9 Å². The number of hydrogen-bond acceptors (Lipinski definition) is 6. The second-order valence-corrected chi connectivity index (χ2v) is 4.95. The first-order chi connectivity index (χ1) is 11.7. The lowest BCUT2D eigenvalue weighted by atomic mass is 10.2. The van der Waals surface area contributed by atoms with Gasteiger partial charge >= 0.3 is 5.69 Å². The van der Waals surface area contributed by atoms with Crippen LogP contribution in [0, 0.1) is 10.1 Å². The van der Waals surface area contributed by atoms with E-state index >= 15 is 0 Å². The first-order valence-electron chi connectivity index (χ1n) is 7.14. The minimum absolute atomic E-state index is 0.106. The molecule has 0 saturated carbocycles. The predicted octanol–water partition coefficient (Wildman–Crippen LogP) is 3.60. The van der Waals surface area contributed by atoms with Crippen LogP contribution < -0.4 is 10.2 Å². The van der Waals surface area contributed by atoms with Crippen LogP contribution >= 0.6 is 0 Å².